The van der Waals surface area contributed by atoms with E-state index >= 15 is 0 Å². The van der Waals surface area contributed by atoms with Gasteiger partial charge in [0.2, 0.25) is 0 Å². The molecule has 1 aromatic heterocycles. The summed E-state index contributed by atoms with van der Waals surface area (Å²) < 4.78 is 0. The second-order valence-corrected chi connectivity index (χ2v) is 5.75. The van der Waals surface area contributed by atoms with Crippen LogP contribution in [-0.4, -0.2) is 11.5 Å². The van der Waals surface area contributed by atoms with Gasteiger partial charge in [0.05, 0.1) is 0 Å². The summed E-state index contributed by atoms with van der Waals surface area (Å²) in [5.41, 5.74) is 1.37. The molecule has 0 spiro atoms. The van der Waals surface area contributed by atoms with Gasteiger partial charge >= 0.3 is 0 Å². The predicted octanol–water partition coefficient (Wildman–Crippen LogP) is 3.95. The summed E-state index contributed by atoms with van der Waals surface area (Å²) in [6.07, 6.45) is 10.6. The van der Waals surface area contributed by atoms with E-state index in [2.05, 4.69) is 36.3 Å². The smallest absolute Gasteiger partial charge is 0.0364 e. The Labute approximate surface area is 111 Å². The third kappa shape index (κ3) is 3.55. The first kappa shape index (κ1) is 13.5. The van der Waals surface area contributed by atoms with E-state index in [1.807, 2.05) is 12.4 Å². The van der Waals surface area contributed by atoms with Gasteiger partial charge in [-0.15, -0.1) is 0 Å². The van der Waals surface area contributed by atoms with Crippen molar-refractivity contribution in [2.24, 2.45) is 11.8 Å². The first-order chi connectivity index (χ1) is 8.81. The molecule has 1 N–H and O–H groups in total. The largest absolute Gasteiger partial charge is 0.310 e. The van der Waals surface area contributed by atoms with Crippen molar-refractivity contribution < 1.29 is 0 Å². The van der Waals surface area contributed by atoms with Crippen LogP contribution in [0.4, 0.5) is 0 Å². The predicted molar refractivity (Wildman–Crippen MR) is 76.4 cm³/mol. The van der Waals surface area contributed by atoms with Gasteiger partial charge in [0.1, 0.15) is 0 Å². The standard InChI is InChI=1S/C16H26N2/c1-3-9-18-16(15-8-5-10-17-12-15)14-7-4-6-13(2)11-14/h5,8,10,12-14,16,18H,3-4,6-7,9,11H2,1-2H3. The molecule has 1 saturated carbocycles. The molecule has 0 aliphatic heterocycles. The lowest BCUT2D eigenvalue weighted by atomic mass is 9.77. The summed E-state index contributed by atoms with van der Waals surface area (Å²) >= 11 is 0. The van der Waals surface area contributed by atoms with Crippen LogP contribution in [0.1, 0.15) is 57.6 Å². The van der Waals surface area contributed by atoms with Crippen molar-refractivity contribution >= 4 is 0 Å². The maximum Gasteiger partial charge on any atom is 0.0364 e. The molecule has 0 amide bonds. The lowest BCUT2D eigenvalue weighted by molar-refractivity contribution is 0.223. The van der Waals surface area contributed by atoms with Gasteiger partial charge in [-0.2, -0.15) is 0 Å². The summed E-state index contributed by atoms with van der Waals surface area (Å²) in [7, 11) is 0. The van der Waals surface area contributed by atoms with E-state index in [1.54, 1.807) is 0 Å². The molecule has 2 rings (SSSR count). The Morgan fingerprint density at radius 1 is 1.44 bits per heavy atom. The van der Waals surface area contributed by atoms with Gasteiger partial charge in [0.25, 0.3) is 0 Å². The third-order valence-electron chi connectivity index (χ3n) is 4.11. The fourth-order valence-electron chi connectivity index (χ4n) is 3.20. The Bertz CT molecular complexity index is 336. The lowest BCUT2D eigenvalue weighted by Crippen LogP contribution is -2.31. The molecule has 18 heavy (non-hydrogen) atoms. The molecule has 2 nitrogen and oxygen atoms in total. The van der Waals surface area contributed by atoms with Crippen LogP contribution < -0.4 is 5.32 Å². The average molecular weight is 246 g/mol. The molecule has 2 heteroatoms. The van der Waals surface area contributed by atoms with E-state index in [4.69, 9.17) is 0 Å². The maximum atomic E-state index is 4.29. The Balaban J connectivity index is 2.09. The molecule has 3 atom stereocenters. The lowest BCUT2D eigenvalue weighted by Gasteiger charge is -2.34. The zero-order chi connectivity index (χ0) is 12.8. The van der Waals surface area contributed by atoms with Gasteiger partial charge < -0.3 is 5.32 Å². The van der Waals surface area contributed by atoms with Gasteiger partial charge in [0, 0.05) is 18.4 Å². The minimum atomic E-state index is 0.501. The quantitative estimate of drug-likeness (QED) is 0.851. The first-order valence-electron chi connectivity index (χ1n) is 7.44. The Kier molecular flexibility index (Phi) is 5.18. The van der Waals surface area contributed by atoms with Crippen molar-refractivity contribution in [2.45, 2.75) is 52.0 Å². The Hall–Kier alpha value is -0.890. The highest BCUT2D eigenvalue weighted by atomic mass is 14.9. The number of rotatable bonds is 5. The highest BCUT2D eigenvalue weighted by Crippen LogP contribution is 2.36. The van der Waals surface area contributed by atoms with E-state index < -0.39 is 0 Å². The highest BCUT2D eigenvalue weighted by Gasteiger charge is 2.27. The molecule has 0 aromatic carbocycles. The summed E-state index contributed by atoms with van der Waals surface area (Å²) in [5.74, 6) is 1.66. The van der Waals surface area contributed by atoms with Gasteiger partial charge in [-0.1, -0.05) is 32.8 Å². The van der Waals surface area contributed by atoms with Crippen LogP contribution in [0, 0.1) is 11.8 Å². The van der Waals surface area contributed by atoms with Crippen molar-refractivity contribution in [3.8, 4) is 0 Å². The van der Waals surface area contributed by atoms with Crippen molar-refractivity contribution in [1.29, 1.82) is 0 Å². The molecular weight excluding hydrogens is 220 g/mol. The maximum absolute atomic E-state index is 4.29. The van der Waals surface area contributed by atoms with Crippen LogP contribution >= 0.6 is 0 Å². The van der Waals surface area contributed by atoms with E-state index in [-0.39, 0.29) is 0 Å². The third-order valence-corrected chi connectivity index (χ3v) is 4.11. The molecule has 1 heterocycles. The molecule has 0 bridgehead atoms. The number of aromatic nitrogens is 1. The monoisotopic (exact) mass is 246 g/mol. The minimum Gasteiger partial charge on any atom is -0.310 e. The second-order valence-electron chi connectivity index (χ2n) is 5.75. The van der Waals surface area contributed by atoms with Gasteiger partial charge in [-0.05, 0) is 49.3 Å². The van der Waals surface area contributed by atoms with Crippen molar-refractivity contribution in [2.75, 3.05) is 6.54 Å². The summed E-state index contributed by atoms with van der Waals surface area (Å²) in [5, 5.41) is 3.74. The van der Waals surface area contributed by atoms with Crippen LogP contribution in [0.3, 0.4) is 0 Å². The fraction of sp³-hybridized carbons (Fsp3) is 0.688. The van der Waals surface area contributed by atoms with Crippen LogP contribution in [0.5, 0.6) is 0 Å². The van der Waals surface area contributed by atoms with Crippen molar-refractivity contribution in [1.82, 2.24) is 10.3 Å². The first-order valence-corrected chi connectivity index (χ1v) is 7.44. The summed E-state index contributed by atoms with van der Waals surface area (Å²) in [6.45, 7) is 5.73. The van der Waals surface area contributed by atoms with E-state index in [0.29, 0.717) is 6.04 Å². The van der Waals surface area contributed by atoms with Gasteiger partial charge in [-0.3, -0.25) is 4.98 Å². The second kappa shape index (κ2) is 6.89. The summed E-state index contributed by atoms with van der Waals surface area (Å²) in [6, 6.07) is 4.78. The minimum absolute atomic E-state index is 0.501. The molecule has 0 saturated heterocycles. The zero-order valence-electron chi connectivity index (χ0n) is 11.7. The van der Waals surface area contributed by atoms with E-state index in [0.717, 1.165) is 18.4 Å². The van der Waals surface area contributed by atoms with E-state index in [1.165, 1.54) is 37.7 Å². The number of hydrogen-bond donors (Lipinski definition) is 1. The molecule has 0 radical (unpaired) electrons. The topological polar surface area (TPSA) is 24.9 Å². The Morgan fingerprint density at radius 2 is 2.33 bits per heavy atom. The van der Waals surface area contributed by atoms with Crippen LogP contribution in [0.25, 0.3) is 0 Å². The van der Waals surface area contributed by atoms with Crippen molar-refractivity contribution in [3.05, 3.63) is 30.1 Å². The van der Waals surface area contributed by atoms with Gasteiger partial charge in [0.15, 0.2) is 0 Å². The SMILES string of the molecule is CCCNC(c1cccnc1)C1CCCC(C)C1. The highest BCUT2D eigenvalue weighted by molar-refractivity contribution is 5.15. The molecule has 1 fully saturated rings. The molecule has 1 aliphatic rings. The van der Waals surface area contributed by atoms with Gasteiger partial charge in [-0.25, -0.2) is 0 Å². The van der Waals surface area contributed by atoms with Crippen molar-refractivity contribution in [3.63, 3.8) is 0 Å². The Morgan fingerprint density at radius 3 is 3.00 bits per heavy atom. The number of nitrogens with zero attached hydrogens (tertiary/aromatic N) is 1. The summed E-state index contributed by atoms with van der Waals surface area (Å²) in [4.78, 5) is 4.29. The zero-order valence-corrected chi connectivity index (χ0v) is 11.7. The van der Waals surface area contributed by atoms with E-state index in [9.17, 15) is 0 Å². The number of hydrogen-bond acceptors (Lipinski definition) is 2. The molecule has 100 valence electrons. The fourth-order valence-corrected chi connectivity index (χ4v) is 3.20. The molecule has 1 aliphatic carbocycles. The molecule has 1 aromatic rings. The van der Waals surface area contributed by atoms with Crippen LogP contribution in [0.15, 0.2) is 24.5 Å². The molecular formula is C16H26N2. The average Bonchev–Trinajstić information content (AvgIpc) is 2.40. The number of nitrogens with one attached hydrogen (secondary N) is 1. The van der Waals surface area contributed by atoms with Crippen LogP contribution in [-0.2, 0) is 0 Å². The molecule has 3 unspecified atom stereocenters. The van der Waals surface area contributed by atoms with Crippen LogP contribution in [0.2, 0.25) is 0 Å². The normalized spacial score (nSPS) is 25.9. The number of pyridine rings is 1.